The molecule has 84 valence electrons. The lowest BCUT2D eigenvalue weighted by atomic mass is 10.2. The van der Waals surface area contributed by atoms with Gasteiger partial charge in [0.15, 0.2) is 0 Å². The number of carbonyl (C=O) groups excluding carboxylic acids is 2. The van der Waals surface area contributed by atoms with Crippen LogP contribution in [0.5, 0.6) is 0 Å². The largest absolute Gasteiger partial charge is 0.468 e. The van der Waals surface area contributed by atoms with Crippen molar-refractivity contribution in [3.8, 4) is 0 Å². The second kappa shape index (κ2) is 6.75. The summed E-state index contributed by atoms with van der Waals surface area (Å²) in [5, 5.41) is 0. The maximum atomic E-state index is 11.2. The average Bonchev–Trinajstić information content (AvgIpc) is 2.21. The summed E-state index contributed by atoms with van der Waals surface area (Å²) in [5.41, 5.74) is 1.01. The maximum Gasteiger partial charge on any atom is 0.356 e. The monoisotopic (exact) mass is 213 g/mol. The normalized spacial score (nSPS) is 10.5. The Kier molecular flexibility index (Phi) is 6.01. The Hall–Kier alpha value is -1.65. The Morgan fingerprint density at radius 3 is 2.20 bits per heavy atom. The van der Waals surface area contributed by atoms with Crippen molar-refractivity contribution < 1.29 is 19.1 Å². The van der Waals surface area contributed by atoms with Crippen molar-refractivity contribution in [3.63, 3.8) is 0 Å². The van der Waals surface area contributed by atoms with Gasteiger partial charge in [0.05, 0.1) is 14.2 Å². The Morgan fingerprint density at radius 1 is 1.20 bits per heavy atom. The maximum absolute atomic E-state index is 11.2. The molecule has 0 aliphatic heterocycles. The highest BCUT2D eigenvalue weighted by molar-refractivity contribution is 6.41. The molecule has 0 bridgehead atoms. The van der Waals surface area contributed by atoms with Crippen LogP contribution in [0, 0.1) is 0 Å². The zero-order valence-electron chi connectivity index (χ0n) is 9.36. The molecular formula is C10H15NO4. The van der Waals surface area contributed by atoms with E-state index in [1.807, 2.05) is 13.8 Å². The Bertz CT molecular complexity index is 301. The molecular weight excluding hydrogens is 198 g/mol. The van der Waals surface area contributed by atoms with E-state index in [9.17, 15) is 9.59 Å². The zero-order valence-corrected chi connectivity index (χ0v) is 9.36. The molecule has 0 spiro atoms. The minimum atomic E-state index is -0.569. The Morgan fingerprint density at radius 2 is 1.80 bits per heavy atom. The standard InChI is InChI=1S/C10H15NO4/c1-7(2)5-8(10(13)15-4)11-6-9(12)14-3/h5H,6H2,1-4H3. The molecule has 0 amide bonds. The van der Waals surface area contributed by atoms with E-state index in [0.29, 0.717) is 0 Å². The molecule has 0 saturated heterocycles. The van der Waals surface area contributed by atoms with Crippen LogP contribution < -0.4 is 0 Å². The summed E-state index contributed by atoms with van der Waals surface area (Å²) in [5.74, 6) is -1.07. The summed E-state index contributed by atoms with van der Waals surface area (Å²) < 4.78 is 8.91. The predicted molar refractivity (Wildman–Crippen MR) is 55.8 cm³/mol. The lowest BCUT2D eigenvalue weighted by Crippen LogP contribution is -2.16. The van der Waals surface area contributed by atoms with Crippen molar-refractivity contribution >= 4 is 17.7 Å². The molecule has 0 aromatic carbocycles. The highest BCUT2D eigenvalue weighted by Gasteiger charge is 2.09. The highest BCUT2D eigenvalue weighted by Crippen LogP contribution is 1.94. The molecule has 0 aromatic rings. The number of hydrogen-bond acceptors (Lipinski definition) is 5. The van der Waals surface area contributed by atoms with Crippen molar-refractivity contribution in [2.24, 2.45) is 4.99 Å². The molecule has 0 atom stereocenters. The second-order valence-corrected chi connectivity index (χ2v) is 2.99. The van der Waals surface area contributed by atoms with Gasteiger partial charge in [-0.25, -0.2) is 4.79 Å². The Labute approximate surface area is 88.8 Å². The van der Waals surface area contributed by atoms with Gasteiger partial charge in [-0.05, 0) is 19.9 Å². The number of rotatable bonds is 4. The van der Waals surface area contributed by atoms with E-state index in [2.05, 4.69) is 14.5 Å². The molecule has 0 saturated carbocycles. The van der Waals surface area contributed by atoms with Crippen LogP contribution in [0.25, 0.3) is 0 Å². The first-order valence-electron chi connectivity index (χ1n) is 4.35. The predicted octanol–water partition coefficient (Wildman–Crippen LogP) is 0.740. The van der Waals surface area contributed by atoms with Gasteiger partial charge < -0.3 is 9.47 Å². The topological polar surface area (TPSA) is 65.0 Å². The molecule has 0 heterocycles. The molecule has 0 aliphatic rings. The van der Waals surface area contributed by atoms with Gasteiger partial charge >= 0.3 is 11.9 Å². The summed E-state index contributed by atoms with van der Waals surface area (Å²) in [6, 6.07) is 0. The van der Waals surface area contributed by atoms with E-state index < -0.39 is 11.9 Å². The molecule has 0 N–H and O–H groups in total. The van der Waals surface area contributed by atoms with Crippen LogP contribution in [0.15, 0.2) is 16.6 Å². The SMILES string of the molecule is COC(=O)CN=C(C=C(C)C)C(=O)OC. The molecule has 15 heavy (non-hydrogen) atoms. The number of carbonyl (C=O) groups is 2. The number of nitrogens with zero attached hydrogens (tertiary/aromatic N) is 1. The van der Waals surface area contributed by atoms with Gasteiger partial charge in [-0.15, -0.1) is 0 Å². The fourth-order valence-corrected chi connectivity index (χ4v) is 0.761. The molecule has 0 radical (unpaired) electrons. The van der Waals surface area contributed by atoms with E-state index in [4.69, 9.17) is 0 Å². The number of esters is 2. The molecule has 5 nitrogen and oxygen atoms in total. The molecule has 0 rings (SSSR count). The van der Waals surface area contributed by atoms with E-state index in [-0.39, 0.29) is 12.3 Å². The molecule has 0 aromatic heterocycles. The number of methoxy groups -OCH3 is 2. The quantitative estimate of drug-likeness (QED) is 0.510. The van der Waals surface area contributed by atoms with Gasteiger partial charge in [0.25, 0.3) is 0 Å². The van der Waals surface area contributed by atoms with Crippen LogP contribution in [-0.4, -0.2) is 38.4 Å². The van der Waals surface area contributed by atoms with Crippen LogP contribution in [0.3, 0.4) is 0 Å². The summed E-state index contributed by atoms with van der Waals surface area (Å²) >= 11 is 0. The lowest BCUT2D eigenvalue weighted by Gasteiger charge is -2.00. The fraction of sp³-hybridized carbons (Fsp3) is 0.500. The lowest BCUT2D eigenvalue weighted by molar-refractivity contribution is -0.138. The van der Waals surface area contributed by atoms with E-state index >= 15 is 0 Å². The first kappa shape index (κ1) is 13.4. The number of allylic oxidation sites excluding steroid dienone is 1. The third-order valence-corrected chi connectivity index (χ3v) is 1.43. The van der Waals surface area contributed by atoms with Crippen molar-refractivity contribution in [1.82, 2.24) is 0 Å². The summed E-state index contributed by atoms with van der Waals surface area (Å²) in [6.45, 7) is 3.44. The van der Waals surface area contributed by atoms with Gasteiger partial charge in [0.2, 0.25) is 0 Å². The molecule has 0 fully saturated rings. The smallest absolute Gasteiger partial charge is 0.356 e. The van der Waals surface area contributed by atoms with Crippen molar-refractivity contribution in [1.29, 1.82) is 0 Å². The number of hydrogen-bond donors (Lipinski definition) is 0. The van der Waals surface area contributed by atoms with Crippen LogP contribution in [0.1, 0.15) is 13.8 Å². The number of aliphatic imine (C=N–C) groups is 1. The minimum absolute atomic E-state index is 0.114. The van der Waals surface area contributed by atoms with Gasteiger partial charge in [0, 0.05) is 0 Å². The average molecular weight is 213 g/mol. The van der Waals surface area contributed by atoms with Crippen molar-refractivity contribution in [2.45, 2.75) is 13.8 Å². The van der Waals surface area contributed by atoms with Crippen molar-refractivity contribution in [3.05, 3.63) is 11.6 Å². The van der Waals surface area contributed by atoms with Crippen LogP contribution in [0.2, 0.25) is 0 Å². The van der Waals surface area contributed by atoms with Crippen LogP contribution in [-0.2, 0) is 19.1 Å². The fourth-order valence-electron chi connectivity index (χ4n) is 0.761. The first-order valence-corrected chi connectivity index (χ1v) is 4.35. The van der Waals surface area contributed by atoms with Gasteiger partial charge in [-0.2, -0.15) is 0 Å². The summed E-state index contributed by atoms with van der Waals surface area (Å²) in [7, 11) is 2.52. The molecule has 5 heteroatoms. The third-order valence-electron chi connectivity index (χ3n) is 1.43. The zero-order chi connectivity index (χ0) is 11.8. The molecule has 0 aliphatic carbocycles. The number of ether oxygens (including phenoxy) is 2. The third kappa shape index (κ3) is 5.61. The first-order chi connectivity index (χ1) is 7.01. The second-order valence-electron chi connectivity index (χ2n) is 2.99. The van der Waals surface area contributed by atoms with E-state index in [0.717, 1.165) is 5.57 Å². The van der Waals surface area contributed by atoms with Crippen LogP contribution in [0.4, 0.5) is 0 Å². The summed E-state index contributed by atoms with van der Waals surface area (Å²) in [4.78, 5) is 25.8. The van der Waals surface area contributed by atoms with E-state index in [1.165, 1.54) is 14.2 Å². The van der Waals surface area contributed by atoms with Gasteiger partial charge in [0.1, 0.15) is 12.3 Å². The highest BCUT2D eigenvalue weighted by atomic mass is 16.5. The van der Waals surface area contributed by atoms with Gasteiger partial charge in [-0.1, -0.05) is 5.57 Å². The van der Waals surface area contributed by atoms with E-state index in [1.54, 1.807) is 6.08 Å². The summed E-state index contributed by atoms with van der Waals surface area (Å²) in [6.07, 6.45) is 1.55. The van der Waals surface area contributed by atoms with Gasteiger partial charge in [-0.3, -0.25) is 9.79 Å². The molecule has 0 unspecified atom stereocenters. The Balaban J connectivity index is 4.71. The van der Waals surface area contributed by atoms with Crippen LogP contribution >= 0.6 is 0 Å². The minimum Gasteiger partial charge on any atom is -0.468 e. The van der Waals surface area contributed by atoms with Crippen molar-refractivity contribution in [2.75, 3.05) is 20.8 Å².